The van der Waals surface area contributed by atoms with Crippen molar-refractivity contribution in [3.05, 3.63) is 67.6 Å². The number of nitrogens with zero attached hydrogens (tertiary/aromatic N) is 2. The number of aromatic nitrogens is 2. The lowest BCUT2D eigenvalue weighted by molar-refractivity contribution is 0.895. The Morgan fingerprint density at radius 1 is 1.05 bits per heavy atom. The third kappa shape index (κ3) is 2.42. The van der Waals surface area contributed by atoms with Crippen LogP contribution in [0.5, 0.6) is 0 Å². The van der Waals surface area contributed by atoms with Gasteiger partial charge in [-0.2, -0.15) is 0 Å². The van der Waals surface area contributed by atoms with Gasteiger partial charge >= 0.3 is 0 Å². The SMILES string of the molecule is Cc1nc2c(Cl)cc(Cl)cc2c(=O)n1-c1ccccc1Cl. The fourth-order valence-corrected chi connectivity index (χ4v) is 2.99. The van der Waals surface area contributed by atoms with Gasteiger partial charge in [-0.15, -0.1) is 0 Å². The summed E-state index contributed by atoms with van der Waals surface area (Å²) in [4.78, 5) is 17.2. The molecule has 0 spiro atoms. The second kappa shape index (κ2) is 5.34. The molecule has 6 heteroatoms. The zero-order chi connectivity index (χ0) is 15.1. The molecule has 0 saturated carbocycles. The Kier molecular flexibility index (Phi) is 3.66. The summed E-state index contributed by atoms with van der Waals surface area (Å²) in [6, 6.07) is 10.2. The van der Waals surface area contributed by atoms with E-state index in [0.717, 1.165) is 0 Å². The van der Waals surface area contributed by atoms with Crippen LogP contribution in [0.4, 0.5) is 0 Å². The zero-order valence-electron chi connectivity index (χ0n) is 10.9. The topological polar surface area (TPSA) is 34.9 Å². The number of para-hydroxylation sites is 1. The number of fused-ring (bicyclic) bond motifs is 1. The van der Waals surface area contributed by atoms with Gasteiger partial charge < -0.3 is 0 Å². The first-order chi connectivity index (χ1) is 9.99. The van der Waals surface area contributed by atoms with Gasteiger partial charge in [0, 0.05) is 5.02 Å². The summed E-state index contributed by atoms with van der Waals surface area (Å²) in [5.41, 5.74) is 0.758. The van der Waals surface area contributed by atoms with Crippen LogP contribution < -0.4 is 5.56 Å². The van der Waals surface area contributed by atoms with Crippen molar-refractivity contribution in [1.29, 1.82) is 0 Å². The van der Waals surface area contributed by atoms with E-state index in [2.05, 4.69) is 4.98 Å². The molecule has 0 radical (unpaired) electrons. The monoisotopic (exact) mass is 338 g/mol. The van der Waals surface area contributed by atoms with Gasteiger partial charge in [-0.25, -0.2) is 4.98 Å². The molecule has 0 unspecified atom stereocenters. The summed E-state index contributed by atoms with van der Waals surface area (Å²) < 4.78 is 1.46. The second-order valence-electron chi connectivity index (χ2n) is 4.53. The van der Waals surface area contributed by atoms with E-state index < -0.39 is 0 Å². The fourth-order valence-electron chi connectivity index (χ4n) is 2.24. The third-order valence-electron chi connectivity index (χ3n) is 3.15. The van der Waals surface area contributed by atoms with Crippen LogP contribution in [-0.2, 0) is 0 Å². The summed E-state index contributed by atoms with van der Waals surface area (Å²) >= 11 is 18.3. The Labute approximate surface area is 135 Å². The first-order valence-electron chi connectivity index (χ1n) is 6.12. The molecule has 0 saturated heterocycles. The Morgan fingerprint density at radius 3 is 2.48 bits per heavy atom. The van der Waals surface area contributed by atoms with Gasteiger partial charge in [-0.1, -0.05) is 46.9 Å². The van der Waals surface area contributed by atoms with Crippen LogP contribution in [0.3, 0.4) is 0 Å². The zero-order valence-corrected chi connectivity index (χ0v) is 13.2. The molecule has 0 aliphatic rings. The lowest BCUT2D eigenvalue weighted by Crippen LogP contribution is -2.22. The highest BCUT2D eigenvalue weighted by molar-refractivity contribution is 6.38. The van der Waals surface area contributed by atoms with Crippen molar-refractivity contribution >= 4 is 45.7 Å². The first-order valence-corrected chi connectivity index (χ1v) is 7.26. The molecule has 3 aromatic rings. The van der Waals surface area contributed by atoms with E-state index >= 15 is 0 Å². The second-order valence-corrected chi connectivity index (χ2v) is 5.79. The van der Waals surface area contributed by atoms with E-state index in [1.54, 1.807) is 37.3 Å². The molecule has 3 rings (SSSR count). The van der Waals surface area contributed by atoms with Crippen molar-refractivity contribution in [3.8, 4) is 5.69 Å². The predicted molar refractivity (Wildman–Crippen MR) is 87.1 cm³/mol. The highest BCUT2D eigenvalue weighted by Gasteiger charge is 2.14. The van der Waals surface area contributed by atoms with E-state index in [1.807, 2.05) is 6.07 Å². The number of benzene rings is 2. The Hall–Kier alpha value is -1.55. The van der Waals surface area contributed by atoms with Crippen molar-refractivity contribution in [2.75, 3.05) is 0 Å². The maximum Gasteiger partial charge on any atom is 0.266 e. The van der Waals surface area contributed by atoms with Crippen molar-refractivity contribution in [2.45, 2.75) is 6.92 Å². The van der Waals surface area contributed by atoms with Crippen LogP contribution in [0.15, 0.2) is 41.2 Å². The highest BCUT2D eigenvalue weighted by Crippen LogP contribution is 2.26. The Morgan fingerprint density at radius 2 is 1.76 bits per heavy atom. The van der Waals surface area contributed by atoms with Crippen LogP contribution in [0, 0.1) is 6.92 Å². The van der Waals surface area contributed by atoms with Crippen LogP contribution in [-0.4, -0.2) is 9.55 Å². The van der Waals surface area contributed by atoms with E-state index in [4.69, 9.17) is 34.8 Å². The molecule has 0 bridgehead atoms. The summed E-state index contributed by atoms with van der Waals surface area (Å²) in [5, 5.41) is 1.57. The minimum atomic E-state index is -0.255. The molecule has 1 heterocycles. The molecule has 0 amide bonds. The van der Waals surface area contributed by atoms with Gasteiger partial charge in [-0.05, 0) is 31.2 Å². The molecule has 2 aromatic carbocycles. The van der Waals surface area contributed by atoms with Gasteiger partial charge in [0.2, 0.25) is 0 Å². The molecule has 0 fully saturated rings. The summed E-state index contributed by atoms with van der Waals surface area (Å²) in [6.07, 6.45) is 0. The van der Waals surface area contributed by atoms with Gasteiger partial charge in [0.25, 0.3) is 5.56 Å². The number of hydrogen-bond donors (Lipinski definition) is 0. The van der Waals surface area contributed by atoms with Crippen LogP contribution >= 0.6 is 34.8 Å². The average molecular weight is 340 g/mol. The average Bonchev–Trinajstić information content (AvgIpc) is 2.42. The minimum Gasteiger partial charge on any atom is -0.268 e. The quantitative estimate of drug-likeness (QED) is 0.646. The largest absolute Gasteiger partial charge is 0.268 e. The van der Waals surface area contributed by atoms with Gasteiger partial charge in [0.05, 0.1) is 26.6 Å². The van der Waals surface area contributed by atoms with Crippen LogP contribution in [0.2, 0.25) is 15.1 Å². The molecule has 3 nitrogen and oxygen atoms in total. The molecule has 0 aliphatic carbocycles. The van der Waals surface area contributed by atoms with Crippen molar-refractivity contribution in [2.24, 2.45) is 0 Å². The van der Waals surface area contributed by atoms with Gasteiger partial charge in [0.15, 0.2) is 0 Å². The minimum absolute atomic E-state index is 0.255. The molecule has 0 aliphatic heterocycles. The van der Waals surface area contributed by atoms with Gasteiger partial charge in [0.1, 0.15) is 5.82 Å². The summed E-state index contributed by atoms with van der Waals surface area (Å²) in [6.45, 7) is 1.73. The molecule has 106 valence electrons. The summed E-state index contributed by atoms with van der Waals surface area (Å²) in [7, 11) is 0. The van der Waals surface area contributed by atoms with E-state index in [9.17, 15) is 4.79 Å². The lowest BCUT2D eigenvalue weighted by atomic mass is 10.2. The highest BCUT2D eigenvalue weighted by atomic mass is 35.5. The third-order valence-corrected chi connectivity index (χ3v) is 3.98. The molecule has 1 aromatic heterocycles. The predicted octanol–water partition coefficient (Wildman–Crippen LogP) is 4.65. The van der Waals surface area contributed by atoms with E-state index in [1.165, 1.54) is 4.57 Å². The van der Waals surface area contributed by atoms with Crippen molar-refractivity contribution in [3.63, 3.8) is 0 Å². The smallest absolute Gasteiger partial charge is 0.266 e. The van der Waals surface area contributed by atoms with Crippen molar-refractivity contribution in [1.82, 2.24) is 9.55 Å². The number of hydrogen-bond acceptors (Lipinski definition) is 2. The number of aryl methyl sites for hydroxylation is 1. The van der Waals surface area contributed by atoms with Crippen LogP contribution in [0.1, 0.15) is 5.82 Å². The van der Waals surface area contributed by atoms with E-state index in [0.29, 0.717) is 37.5 Å². The number of halogens is 3. The molecule has 0 atom stereocenters. The normalized spacial score (nSPS) is 11.0. The summed E-state index contributed by atoms with van der Waals surface area (Å²) in [5.74, 6) is 0.504. The maximum absolute atomic E-state index is 12.8. The molecule has 0 N–H and O–H groups in total. The fraction of sp³-hybridized carbons (Fsp3) is 0.0667. The van der Waals surface area contributed by atoms with Crippen LogP contribution in [0.25, 0.3) is 16.6 Å². The number of rotatable bonds is 1. The Bertz CT molecular complexity index is 919. The molecular weight excluding hydrogens is 331 g/mol. The van der Waals surface area contributed by atoms with Gasteiger partial charge in [-0.3, -0.25) is 9.36 Å². The Balaban J connectivity index is 2.46. The van der Waals surface area contributed by atoms with Crippen molar-refractivity contribution < 1.29 is 0 Å². The maximum atomic E-state index is 12.8. The van der Waals surface area contributed by atoms with E-state index in [-0.39, 0.29) is 5.56 Å². The standard InChI is InChI=1S/C15H9Cl3N2O/c1-8-19-14-10(6-9(16)7-12(14)18)15(21)20(8)13-5-3-2-4-11(13)17/h2-7H,1H3. The molecule has 21 heavy (non-hydrogen) atoms. The first kappa shape index (κ1) is 14.4. The molecular formula is C15H9Cl3N2O. The lowest BCUT2D eigenvalue weighted by Gasteiger charge is -2.12.